The summed E-state index contributed by atoms with van der Waals surface area (Å²) in [4.78, 5) is 17.7. The lowest BCUT2D eigenvalue weighted by Crippen LogP contribution is -2.23. The van der Waals surface area contributed by atoms with Crippen LogP contribution in [-0.2, 0) is 0 Å². The largest absolute Gasteiger partial charge is 0.455 e. The zero-order valence-electron chi connectivity index (χ0n) is 16.1. The summed E-state index contributed by atoms with van der Waals surface area (Å²) in [5, 5.41) is 5.48. The number of halogens is 3. The monoisotopic (exact) mass is 547 g/mol. The summed E-state index contributed by atoms with van der Waals surface area (Å²) in [5.74, 6) is 1.76. The fourth-order valence-electron chi connectivity index (χ4n) is 2.99. The molecule has 0 N–H and O–H groups in total. The minimum absolute atomic E-state index is 0.0139. The van der Waals surface area contributed by atoms with Gasteiger partial charge in [0, 0.05) is 20.4 Å². The SMILES string of the molecule is CC(C)c1nc2ccc(Br)cc2c(=O)n1N=Cc1ccc(-c2ccc(Br)c(Cl)c2)o1. The Morgan fingerprint density at radius 1 is 1.13 bits per heavy atom. The molecule has 0 saturated carbocycles. The molecule has 0 aliphatic carbocycles. The van der Waals surface area contributed by atoms with Gasteiger partial charge in [-0.05, 0) is 58.4 Å². The molecule has 2 aromatic carbocycles. The molecule has 0 radical (unpaired) electrons. The van der Waals surface area contributed by atoms with E-state index in [1.54, 1.807) is 12.1 Å². The molecule has 30 heavy (non-hydrogen) atoms. The van der Waals surface area contributed by atoms with Crippen LogP contribution in [0.2, 0.25) is 5.02 Å². The van der Waals surface area contributed by atoms with Gasteiger partial charge in [-0.15, -0.1) is 0 Å². The van der Waals surface area contributed by atoms with E-state index in [4.69, 9.17) is 16.0 Å². The average molecular weight is 550 g/mol. The Labute approximate surface area is 194 Å². The van der Waals surface area contributed by atoms with E-state index < -0.39 is 0 Å². The summed E-state index contributed by atoms with van der Waals surface area (Å²) in [5.41, 5.74) is 1.26. The fraction of sp³-hybridized carbons (Fsp3) is 0.136. The molecule has 8 heteroatoms. The summed E-state index contributed by atoms with van der Waals surface area (Å²) >= 11 is 13.0. The number of benzene rings is 2. The molecule has 0 aliphatic heterocycles. The van der Waals surface area contributed by atoms with Crippen molar-refractivity contribution in [3.8, 4) is 11.3 Å². The van der Waals surface area contributed by atoms with Crippen molar-refractivity contribution < 1.29 is 4.42 Å². The maximum atomic E-state index is 13.1. The number of nitrogens with zero attached hydrogens (tertiary/aromatic N) is 3. The predicted molar refractivity (Wildman–Crippen MR) is 128 cm³/mol. The van der Waals surface area contributed by atoms with Gasteiger partial charge in [-0.2, -0.15) is 9.78 Å². The molecule has 4 rings (SSSR count). The summed E-state index contributed by atoms with van der Waals surface area (Å²) in [6.45, 7) is 3.95. The Kier molecular flexibility index (Phi) is 5.95. The highest BCUT2D eigenvalue weighted by Crippen LogP contribution is 2.29. The quantitative estimate of drug-likeness (QED) is 0.262. The van der Waals surface area contributed by atoms with E-state index in [0.29, 0.717) is 33.3 Å². The second kappa shape index (κ2) is 8.49. The van der Waals surface area contributed by atoms with Crippen LogP contribution in [0.25, 0.3) is 22.2 Å². The first-order chi connectivity index (χ1) is 14.3. The fourth-order valence-corrected chi connectivity index (χ4v) is 3.78. The van der Waals surface area contributed by atoms with Gasteiger partial charge in [0.25, 0.3) is 5.56 Å². The number of hydrogen-bond donors (Lipinski definition) is 0. The summed E-state index contributed by atoms with van der Waals surface area (Å²) in [7, 11) is 0. The Morgan fingerprint density at radius 3 is 2.67 bits per heavy atom. The maximum Gasteiger partial charge on any atom is 0.282 e. The highest BCUT2D eigenvalue weighted by molar-refractivity contribution is 9.10. The molecule has 0 fully saturated rings. The van der Waals surface area contributed by atoms with Gasteiger partial charge < -0.3 is 4.42 Å². The van der Waals surface area contributed by atoms with E-state index in [0.717, 1.165) is 14.5 Å². The van der Waals surface area contributed by atoms with Crippen molar-refractivity contribution in [1.29, 1.82) is 0 Å². The Hall–Kier alpha value is -2.22. The summed E-state index contributed by atoms with van der Waals surface area (Å²) in [6.07, 6.45) is 1.52. The number of aromatic nitrogens is 2. The van der Waals surface area contributed by atoms with Crippen molar-refractivity contribution in [2.75, 3.05) is 0 Å². The average Bonchev–Trinajstić information content (AvgIpc) is 3.18. The lowest BCUT2D eigenvalue weighted by molar-refractivity contribution is 0.573. The zero-order valence-corrected chi connectivity index (χ0v) is 20.0. The molecule has 5 nitrogen and oxygen atoms in total. The van der Waals surface area contributed by atoms with E-state index in [-0.39, 0.29) is 11.5 Å². The minimum atomic E-state index is -0.229. The molecular weight excluding hydrogens is 534 g/mol. The van der Waals surface area contributed by atoms with E-state index in [9.17, 15) is 4.79 Å². The van der Waals surface area contributed by atoms with Gasteiger partial charge >= 0.3 is 0 Å². The number of hydrogen-bond acceptors (Lipinski definition) is 4. The van der Waals surface area contributed by atoms with E-state index in [1.165, 1.54) is 10.9 Å². The van der Waals surface area contributed by atoms with Gasteiger partial charge in [0.1, 0.15) is 17.3 Å². The molecule has 0 atom stereocenters. The topological polar surface area (TPSA) is 60.4 Å². The normalized spacial score (nSPS) is 11.8. The standard InChI is InChI=1S/C22H16Br2ClN3O2/c1-12(2)21-27-19-7-4-14(23)10-16(19)22(29)28(21)26-11-15-5-8-20(30-15)13-3-6-17(24)18(25)9-13/h3-12H,1-2H3. The van der Waals surface area contributed by atoms with Gasteiger partial charge in [-0.1, -0.05) is 47.4 Å². The van der Waals surface area contributed by atoms with Crippen LogP contribution in [0.15, 0.2) is 71.8 Å². The molecule has 0 aliphatic rings. The van der Waals surface area contributed by atoms with Crippen LogP contribution < -0.4 is 5.56 Å². The smallest absolute Gasteiger partial charge is 0.282 e. The van der Waals surface area contributed by atoms with Crippen LogP contribution in [0.1, 0.15) is 31.4 Å². The van der Waals surface area contributed by atoms with Gasteiger partial charge in [-0.25, -0.2) is 4.98 Å². The third-order valence-corrected chi connectivity index (χ3v) is 6.21. The highest BCUT2D eigenvalue weighted by atomic mass is 79.9. The second-order valence-electron chi connectivity index (χ2n) is 6.98. The Balaban J connectivity index is 1.74. The molecule has 0 spiro atoms. The molecule has 0 bridgehead atoms. The van der Waals surface area contributed by atoms with Crippen LogP contribution in [0.5, 0.6) is 0 Å². The summed E-state index contributed by atoms with van der Waals surface area (Å²) in [6, 6.07) is 14.7. The zero-order chi connectivity index (χ0) is 21.4. The van der Waals surface area contributed by atoms with Crippen molar-refractivity contribution in [2.24, 2.45) is 5.10 Å². The molecule has 0 amide bonds. The molecular formula is C22H16Br2ClN3O2. The third kappa shape index (κ3) is 4.15. The maximum absolute atomic E-state index is 13.1. The number of fused-ring (bicyclic) bond motifs is 1. The Bertz CT molecular complexity index is 1340. The molecule has 0 unspecified atom stereocenters. The summed E-state index contributed by atoms with van der Waals surface area (Å²) < 4.78 is 8.83. The van der Waals surface area contributed by atoms with E-state index in [1.807, 2.05) is 50.2 Å². The van der Waals surface area contributed by atoms with Crippen LogP contribution >= 0.6 is 43.5 Å². The molecule has 2 aromatic heterocycles. The predicted octanol–water partition coefficient (Wildman–Crippen LogP) is 6.84. The first kappa shape index (κ1) is 21.0. The Morgan fingerprint density at radius 2 is 1.93 bits per heavy atom. The first-order valence-corrected chi connectivity index (χ1v) is 11.1. The van der Waals surface area contributed by atoms with E-state index in [2.05, 4.69) is 41.9 Å². The molecule has 152 valence electrons. The van der Waals surface area contributed by atoms with Crippen LogP contribution in [-0.4, -0.2) is 15.9 Å². The third-order valence-electron chi connectivity index (χ3n) is 4.48. The molecule has 2 heterocycles. The van der Waals surface area contributed by atoms with Crippen LogP contribution in [0.4, 0.5) is 0 Å². The van der Waals surface area contributed by atoms with Crippen molar-refractivity contribution in [1.82, 2.24) is 9.66 Å². The van der Waals surface area contributed by atoms with Gasteiger partial charge in [0.15, 0.2) is 0 Å². The number of furan rings is 1. The van der Waals surface area contributed by atoms with E-state index >= 15 is 0 Å². The molecule has 0 saturated heterocycles. The van der Waals surface area contributed by atoms with Crippen molar-refractivity contribution in [2.45, 2.75) is 19.8 Å². The van der Waals surface area contributed by atoms with Crippen LogP contribution in [0, 0.1) is 0 Å². The lowest BCUT2D eigenvalue weighted by atomic mass is 10.2. The van der Waals surface area contributed by atoms with Gasteiger partial charge in [0.05, 0.1) is 22.1 Å². The number of rotatable bonds is 4. The highest BCUT2D eigenvalue weighted by Gasteiger charge is 2.14. The van der Waals surface area contributed by atoms with Gasteiger partial charge in [0.2, 0.25) is 0 Å². The van der Waals surface area contributed by atoms with Crippen molar-refractivity contribution in [3.63, 3.8) is 0 Å². The van der Waals surface area contributed by atoms with Crippen LogP contribution in [0.3, 0.4) is 0 Å². The van der Waals surface area contributed by atoms with Gasteiger partial charge in [-0.3, -0.25) is 4.79 Å². The second-order valence-corrected chi connectivity index (χ2v) is 9.16. The molecule has 4 aromatic rings. The van der Waals surface area contributed by atoms with Crippen molar-refractivity contribution >= 4 is 60.6 Å². The van der Waals surface area contributed by atoms with Crippen molar-refractivity contribution in [3.05, 3.63) is 84.4 Å². The first-order valence-electron chi connectivity index (χ1n) is 9.15. The lowest BCUT2D eigenvalue weighted by Gasteiger charge is -2.11. The minimum Gasteiger partial charge on any atom is -0.455 e.